The molecule has 6 heteroatoms. The molecule has 0 rings (SSSR count). The predicted octanol–water partition coefficient (Wildman–Crippen LogP) is 5.33. The summed E-state index contributed by atoms with van der Waals surface area (Å²) >= 11 is 0. The van der Waals surface area contributed by atoms with Gasteiger partial charge in [-0.15, -0.1) is 0 Å². The van der Waals surface area contributed by atoms with Gasteiger partial charge >= 0.3 is 6.09 Å². The Balaban J connectivity index is 4.79. The Labute approximate surface area is 168 Å². The molecule has 3 atom stereocenters. The molecule has 5 nitrogen and oxygen atoms in total. The van der Waals surface area contributed by atoms with E-state index in [0.717, 1.165) is 0 Å². The number of nitrogens with one attached hydrogen (secondary N) is 1. The topological polar surface area (TPSA) is 67.8 Å². The number of hydrogen-bond donors (Lipinski definition) is 2. The van der Waals surface area contributed by atoms with Crippen LogP contribution in [-0.2, 0) is 9.16 Å². The molecule has 27 heavy (non-hydrogen) atoms. The van der Waals surface area contributed by atoms with Gasteiger partial charge in [-0.05, 0) is 63.6 Å². The fourth-order valence-electron chi connectivity index (χ4n) is 2.49. The number of aliphatic hydroxyl groups excluding tert-OH is 1. The van der Waals surface area contributed by atoms with Gasteiger partial charge in [0.25, 0.3) is 0 Å². The van der Waals surface area contributed by atoms with Gasteiger partial charge in [0.15, 0.2) is 8.32 Å². The summed E-state index contributed by atoms with van der Waals surface area (Å²) in [5.41, 5.74) is -0.554. The van der Waals surface area contributed by atoms with Crippen LogP contribution in [0, 0.1) is 11.8 Å². The molecule has 0 bridgehead atoms. The van der Waals surface area contributed by atoms with Gasteiger partial charge in [0.05, 0.1) is 12.1 Å². The number of rotatable bonds is 9. The Hall–Kier alpha value is -0.593. The quantitative estimate of drug-likeness (QED) is 0.510. The summed E-state index contributed by atoms with van der Waals surface area (Å²) in [6.45, 7) is 23.5. The van der Waals surface area contributed by atoms with Crippen molar-refractivity contribution in [3.8, 4) is 0 Å². The number of aliphatic hydroxyl groups is 1. The zero-order valence-electron chi connectivity index (χ0n) is 19.6. The van der Waals surface area contributed by atoms with E-state index in [9.17, 15) is 9.90 Å². The van der Waals surface area contributed by atoms with Crippen LogP contribution < -0.4 is 5.32 Å². The molecule has 2 N–H and O–H groups in total. The maximum atomic E-state index is 12.1. The smallest absolute Gasteiger partial charge is 0.407 e. The monoisotopic (exact) mass is 403 g/mol. The molecule has 0 radical (unpaired) electrons. The van der Waals surface area contributed by atoms with E-state index < -0.39 is 26.1 Å². The molecule has 162 valence electrons. The summed E-state index contributed by atoms with van der Waals surface area (Å²) in [6.07, 6.45) is 0.188. The second kappa shape index (κ2) is 10.3. The van der Waals surface area contributed by atoms with Crippen molar-refractivity contribution in [1.82, 2.24) is 5.32 Å². The SMILES string of the molecule is CC(C)C[C@H](NC(=O)OC(C)(C)C)[C@@H](O)C[C@@H](C)CO[Si](C)(C)C(C)(C)C. The lowest BCUT2D eigenvalue weighted by Crippen LogP contribution is -2.47. The van der Waals surface area contributed by atoms with Crippen molar-refractivity contribution in [3.63, 3.8) is 0 Å². The van der Waals surface area contributed by atoms with Gasteiger partial charge in [-0.2, -0.15) is 0 Å². The second-order valence-electron chi connectivity index (χ2n) is 10.9. The number of alkyl carbamates (subject to hydrolysis) is 1. The Morgan fingerprint density at radius 2 is 1.56 bits per heavy atom. The number of ether oxygens (including phenoxy) is 1. The van der Waals surface area contributed by atoms with Gasteiger partial charge in [-0.1, -0.05) is 41.5 Å². The van der Waals surface area contributed by atoms with Gasteiger partial charge in [-0.25, -0.2) is 4.79 Å². The third-order valence-corrected chi connectivity index (χ3v) is 9.57. The number of hydrogen-bond acceptors (Lipinski definition) is 4. The summed E-state index contributed by atoms with van der Waals surface area (Å²) in [5, 5.41) is 13.8. The van der Waals surface area contributed by atoms with E-state index >= 15 is 0 Å². The lowest BCUT2D eigenvalue weighted by Gasteiger charge is -2.37. The van der Waals surface area contributed by atoms with Crippen LogP contribution in [-0.4, -0.2) is 43.9 Å². The summed E-state index contributed by atoms with van der Waals surface area (Å²) in [4.78, 5) is 12.1. The average molecular weight is 404 g/mol. The van der Waals surface area contributed by atoms with Crippen molar-refractivity contribution in [2.24, 2.45) is 11.8 Å². The predicted molar refractivity (Wildman–Crippen MR) is 116 cm³/mol. The zero-order chi connectivity index (χ0) is 21.6. The Kier molecular flexibility index (Phi) is 10.0. The maximum Gasteiger partial charge on any atom is 0.407 e. The second-order valence-corrected chi connectivity index (χ2v) is 15.7. The van der Waals surface area contributed by atoms with E-state index in [1.165, 1.54) is 0 Å². The Morgan fingerprint density at radius 1 is 1.04 bits per heavy atom. The lowest BCUT2D eigenvalue weighted by molar-refractivity contribution is 0.0357. The summed E-state index contributed by atoms with van der Waals surface area (Å²) < 4.78 is 11.6. The molecule has 0 aliphatic rings. The first-order valence-electron chi connectivity index (χ1n) is 10.3. The van der Waals surface area contributed by atoms with Crippen LogP contribution in [0.25, 0.3) is 0 Å². The number of carbonyl (C=O) groups is 1. The highest BCUT2D eigenvalue weighted by Crippen LogP contribution is 2.37. The van der Waals surface area contributed by atoms with E-state index in [-0.39, 0.29) is 17.0 Å². The highest BCUT2D eigenvalue weighted by atomic mass is 28.4. The van der Waals surface area contributed by atoms with Gasteiger partial charge in [0.2, 0.25) is 0 Å². The molecule has 0 saturated heterocycles. The molecule has 0 aromatic rings. The van der Waals surface area contributed by atoms with Crippen molar-refractivity contribution in [2.45, 2.75) is 111 Å². The van der Waals surface area contributed by atoms with Crippen molar-refractivity contribution in [1.29, 1.82) is 0 Å². The minimum Gasteiger partial charge on any atom is -0.444 e. The molecule has 0 fully saturated rings. The summed E-state index contributed by atoms with van der Waals surface area (Å²) in [7, 11) is -1.80. The molecule has 0 aromatic heterocycles. The number of carbonyl (C=O) groups excluding carboxylic acids is 1. The molecule has 0 aliphatic carbocycles. The fourth-order valence-corrected chi connectivity index (χ4v) is 3.62. The number of amides is 1. The lowest BCUT2D eigenvalue weighted by atomic mass is 9.93. The normalized spacial score (nSPS) is 16.8. The van der Waals surface area contributed by atoms with Crippen LogP contribution in [0.5, 0.6) is 0 Å². The van der Waals surface area contributed by atoms with Gasteiger partial charge in [0, 0.05) is 6.61 Å². The van der Waals surface area contributed by atoms with Crippen LogP contribution >= 0.6 is 0 Å². The Bertz CT molecular complexity index is 452. The molecule has 0 saturated carbocycles. The van der Waals surface area contributed by atoms with E-state index in [1.807, 2.05) is 20.8 Å². The standard InChI is InChI=1S/C21H45NO4Si/c1-15(2)12-17(22-19(24)26-20(4,5)6)18(23)13-16(3)14-25-27(10,11)21(7,8)9/h15-18,23H,12-14H2,1-11H3,(H,22,24)/t16-,17+,18+/m1/s1. The van der Waals surface area contributed by atoms with Crippen molar-refractivity contribution < 1.29 is 19.1 Å². The first-order valence-corrected chi connectivity index (χ1v) is 13.2. The van der Waals surface area contributed by atoms with Crippen molar-refractivity contribution in [2.75, 3.05) is 6.61 Å². The zero-order valence-corrected chi connectivity index (χ0v) is 20.6. The highest BCUT2D eigenvalue weighted by molar-refractivity contribution is 6.74. The minimum atomic E-state index is -1.80. The third kappa shape index (κ3) is 11.1. The first-order chi connectivity index (χ1) is 11.9. The van der Waals surface area contributed by atoms with Crippen LogP contribution in [0.1, 0.15) is 75.2 Å². The molecular formula is C21H45NO4Si. The van der Waals surface area contributed by atoms with Crippen LogP contribution in [0.4, 0.5) is 4.79 Å². The molecule has 0 unspecified atom stereocenters. The van der Waals surface area contributed by atoms with E-state index in [2.05, 4.69) is 60.0 Å². The van der Waals surface area contributed by atoms with E-state index in [1.54, 1.807) is 0 Å². The van der Waals surface area contributed by atoms with Crippen LogP contribution in [0.15, 0.2) is 0 Å². The Morgan fingerprint density at radius 3 is 1.96 bits per heavy atom. The van der Waals surface area contributed by atoms with Gasteiger partial charge < -0.3 is 19.6 Å². The molecule has 1 amide bonds. The van der Waals surface area contributed by atoms with Gasteiger partial charge in [0.1, 0.15) is 5.60 Å². The third-order valence-electron chi connectivity index (χ3n) is 5.07. The minimum absolute atomic E-state index is 0.170. The van der Waals surface area contributed by atoms with E-state index in [4.69, 9.17) is 9.16 Å². The maximum absolute atomic E-state index is 12.1. The molecule has 0 aliphatic heterocycles. The van der Waals surface area contributed by atoms with Crippen LogP contribution in [0.3, 0.4) is 0 Å². The molecule has 0 heterocycles. The first kappa shape index (κ1) is 26.4. The summed E-state index contributed by atoms with van der Waals surface area (Å²) in [5.74, 6) is 0.572. The van der Waals surface area contributed by atoms with Crippen molar-refractivity contribution in [3.05, 3.63) is 0 Å². The molecule has 0 spiro atoms. The molecular weight excluding hydrogens is 358 g/mol. The van der Waals surface area contributed by atoms with E-state index in [0.29, 0.717) is 25.4 Å². The molecule has 0 aromatic carbocycles. The summed E-state index contributed by atoms with van der Waals surface area (Å²) in [6, 6.07) is -0.324. The van der Waals surface area contributed by atoms with Crippen molar-refractivity contribution >= 4 is 14.4 Å². The highest BCUT2D eigenvalue weighted by Gasteiger charge is 2.37. The van der Waals surface area contributed by atoms with Crippen LogP contribution in [0.2, 0.25) is 18.1 Å². The fraction of sp³-hybridized carbons (Fsp3) is 0.952. The largest absolute Gasteiger partial charge is 0.444 e. The van der Waals surface area contributed by atoms with Gasteiger partial charge in [-0.3, -0.25) is 0 Å². The average Bonchev–Trinajstić information content (AvgIpc) is 2.40.